The number of nitrogens with one attached hydrogen (secondary N) is 1. The Kier molecular flexibility index (Phi) is 6.79. The summed E-state index contributed by atoms with van der Waals surface area (Å²) in [5.41, 5.74) is 2.93. The fraction of sp³-hybridized carbons (Fsp3) is 0.192. The lowest BCUT2D eigenvalue weighted by Gasteiger charge is -2.24. The molecule has 1 saturated heterocycles. The topological polar surface area (TPSA) is 52.7 Å². The molecular formula is C26H24FN3O2S. The number of halogens is 1. The van der Waals surface area contributed by atoms with Gasteiger partial charge in [0.1, 0.15) is 11.9 Å². The first kappa shape index (κ1) is 22.6. The van der Waals surface area contributed by atoms with Crippen molar-refractivity contribution in [3.8, 4) is 0 Å². The van der Waals surface area contributed by atoms with Gasteiger partial charge in [0.2, 0.25) is 5.91 Å². The number of thiocarbonyl (C=S) groups is 1. The van der Waals surface area contributed by atoms with E-state index >= 15 is 0 Å². The minimum Gasteiger partial charge on any atom is -0.336 e. The predicted molar refractivity (Wildman–Crippen MR) is 132 cm³/mol. The maximum absolute atomic E-state index is 14.2. The lowest BCUT2D eigenvalue weighted by Crippen LogP contribution is -2.39. The normalized spacial score (nSPS) is 15.8. The molecule has 1 aliphatic rings. The van der Waals surface area contributed by atoms with Crippen LogP contribution >= 0.6 is 12.2 Å². The third-order valence-corrected chi connectivity index (χ3v) is 6.04. The number of amides is 2. The molecule has 1 fully saturated rings. The molecule has 1 N–H and O–H groups in total. The molecule has 1 atom stereocenters. The van der Waals surface area contributed by atoms with Crippen molar-refractivity contribution in [3.05, 3.63) is 95.8 Å². The van der Waals surface area contributed by atoms with Gasteiger partial charge in [-0.3, -0.25) is 14.5 Å². The Bertz CT molecular complexity index is 1170. The SMILES string of the molecule is Cc1ccc(NC(=O)C[C@H]2C(=O)N(c3ccccc3)C(=S)N2CCc2ccccc2F)cc1. The fourth-order valence-corrected chi connectivity index (χ4v) is 4.28. The maximum atomic E-state index is 14.2. The van der Waals surface area contributed by atoms with E-state index in [-0.39, 0.29) is 24.1 Å². The molecule has 2 amide bonds. The van der Waals surface area contributed by atoms with Crippen LogP contribution < -0.4 is 10.2 Å². The minimum absolute atomic E-state index is 0.0620. The zero-order chi connectivity index (χ0) is 23.4. The predicted octanol–water partition coefficient (Wildman–Crippen LogP) is 4.71. The first-order valence-corrected chi connectivity index (χ1v) is 11.1. The molecule has 3 aromatic rings. The molecule has 0 saturated carbocycles. The Morgan fingerprint density at radius 2 is 1.67 bits per heavy atom. The highest BCUT2D eigenvalue weighted by atomic mass is 32.1. The van der Waals surface area contributed by atoms with Crippen molar-refractivity contribution >= 4 is 40.5 Å². The minimum atomic E-state index is -0.769. The van der Waals surface area contributed by atoms with Crippen LogP contribution in [0.15, 0.2) is 78.9 Å². The number of hydrogen-bond donors (Lipinski definition) is 1. The highest BCUT2D eigenvalue weighted by Gasteiger charge is 2.43. The van der Waals surface area contributed by atoms with Crippen molar-refractivity contribution in [2.45, 2.75) is 25.8 Å². The van der Waals surface area contributed by atoms with Crippen molar-refractivity contribution in [1.29, 1.82) is 0 Å². The molecule has 0 aromatic heterocycles. The molecule has 1 aliphatic heterocycles. The van der Waals surface area contributed by atoms with E-state index in [0.29, 0.717) is 35.0 Å². The van der Waals surface area contributed by atoms with Gasteiger partial charge in [0.15, 0.2) is 5.11 Å². The zero-order valence-corrected chi connectivity index (χ0v) is 19.0. The molecule has 7 heteroatoms. The number of nitrogens with zero attached hydrogens (tertiary/aromatic N) is 2. The van der Waals surface area contributed by atoms with Crippen molar-refractivity contribution in [3.63, 3.8) is 0 Å². The number of rotatable bonds is 7. The van der Waals surface area contributed by atoms with E-state index < -0.39 is 6.04 Å². The third-order valence-electron chi connectivity index (χ3n) is 5.63. The molecule has 5 nitrogen and oxygen atoms in total. The van der Waals surface area contributed by atoms with Gasteiger partial charge in [0.05, 0.1) is 12.1 Å². The molecule has 0 aliphatic carbocycles. The third kappa shape index (κ3) is 5.09. The van der Waals surface area contributed by atoms with Gasteiger partial charge in [0, 0.05) is 12.2 Å². The van der Waals surface area contributed by atoms with Gasteiger partial charge >= 0.3 is 0 Å². The number of aryl methyl sites for hydroxylation is 1. The Morgan fingerprint density at radius 3 is 2.36 bits per heavy atom. The maximum Gasteiger partial charge on any atom is 0.256 e. The molecule has 168 valence electrons. The second-order valence-electron chi connectivity index (χ2n) is 7.96. The van der Waals surface area contributed by atoms with Gasteiger partial charge < -0.3 is 10.2 Å². The largest absolute Gasteiger partial charge is 0.336 e. The highest BCUT2D eigenvalue weighted by Crippen LogP contribution is 2.28. The summed E-state index contributed by atoms with van der Waals surface area (Å²) in [5.74, 6) is -0.855. The Morgan fingerprint density at radius 1 is 1.00 bits per heavy atom. The van der Waals surface area contributed by atoms with Gasteiger partial charge in [0.25, 0.3) is 5.91 Å². The van der Waals surface area contributed by atoms with Crippen molar-refractivity contribution in [2.24, 2.45) is 0 Å². The van der Waals surface area contributed by atoms with Crippen LogP contribution in [0.4, 0.5) is 15.8 Å². The van der Waals surface area contributed by atoms with E-state index in [1.807, 2.05) is 49.4 Å². The van der Waals surface area contributed by atoms with Crippen LogP contribution in [0.25, 0.3) is 0 Å². The molecule has 33 heavy (non-hydrogen) atoms. The number of benzene rings is 3. The zero-order valence-electron chi connectivity index (χ0n) is 18.2. The highest BCUT2D eigenvalue weighted by molar-refractivity contribution is 7.80. The number of carbonyl (C=O) groups is 2. The molecule has 3 aromatic carbocycles. The fourth-order valence-electron chi connectivity index (χ4n) is 3.87. The van der Waals surface area contributed by atoms with Crippen LogP contribution in [-0.4, -0.2) is 34.4 Å². The summed E-state index contributed by atoms with van der Waals surface area (Å²) in [6.07, 6.45) is 0.298. The lowest BCUT2D eigenvalue weighted by molar-refractivity contribution is -0.124. The average Bonchev–Trinajstić information content (AvgIpc) is 3.04. The summed E-state index contributed by atoms with van der Waals surface area (Å²) < 4.78 is 14.2. The van der Waals surface area contributed by atoms with Crippen molar-refractivity contribution in [1.82, 2.24) is 4.90 Å². The van der Waals surface area contributed by atoms with E-state index in [1.165, 1.54) is 11.0 Å². The van der Waals surface area contributed by atoms with Crippen LogP contribution in [0.1, 0.15) is 17.5 Å². The lowest BCUT2D eigenvalue weighted by atomic mass is 10.1. The number of anilines is 2. The summed E-state index contributed by atoms with van der Waals surface area (Å²) in [6, 6.07) is 22.3. The van der Waals surface area contributed by atoms with Gasteiger partial charge in [-0.1, -0.05) is 54.1 Å². The van der Waals surface area contributed by atoms with E-state index in [0.717, 1.165) is 5.56 Å². The monoisotopic (exact) mass is 461 g/mol. The summed E-state index contributed by atoms with van der Waals surface area (Å²) >= 11 is 5.65. The number of para-hydroxylation sites is 1. The summed E-state index contributed by atoms with van der Waals surface area (Å²) in [5, 5.41) is 3.17. The molecule has 0 unspecified atom stereocenters. The van der Waals surface area contributed by atoms with Crippen LogP contribution in [0.5, 0.6) is 0 Å². The van der Waals surface area contributed by atoms with Gasteiger partial charge in [-0.25, -0.2) is 4.39 Å². The molecule has 0 bridgehead atoms. The molecule has 0 spiro atoms. The van der Waals surface area contributed by atoms with Gasteiger partial charge in [-0.2, -0.15) is 0 Å². The van der Waals surface area contributed by atoms with Crippen molar-refractivity contribution < 1.29 is 14.0 Å². The smallest absolute Gasteiger partial charge is 0.256 e. The Labute approximate surface area is 197 Å². The van der Waals surface area contributed by atoms with Gasteiger partial charge in [-0.05, 0) is 61.5 Å². The van der Waals surface area contributed by atoms with Crippen molar-refractivity contribution in [2.75, 3.05) is 16.8 Å². The Hall–Kier alpha value is -3.58. The number of hydrogen-bond acceptors (Lipinski definition) is 3. The van der Waals surface area contributed by atoms with Crippen LogP contribution in [-0.2, 0) is 16.0 Å². The van der Waals surface area contributed by atoms with E-state index in [2.05, 4.69) is 5.32 Å². The molecular weight excluding hydrogens is 437 g/mol. The second kappa shape index (κ2) is 9.92. The van der Waals surface area contributed by atoms with Gasteiger partial charge in [-0.15, -0.1) is 0 Å². The molecule has 4 rings (SSSR count). The molecule has 0 radical (unpaired) electrons. The molecule has 1 heterocycles. The second-order valence-corrected chi connectivity index (χ2v) is 8.33. The number of carbonyl (C=O) groups excluding carboxylic acids is 2. The summed E-state index contributed by atoms with van der Waals surface area (Å²) in [7, 11) is 0. The van der Waals surface area contributed by atoms with E-state index in [4.69, 9.17) is 12.2 Å². The first-order chi connectivity index (χ1) is 15.9. The first-order valence-electron chi connectivity index (χ1n) is 10.7. The quantitative estimate of drug-likeness (QED) is 0.518. The Balaban J connectivity index is 1.55. The van der Waals surface area contributed by atoms with Crippen LogP contribution in [0.3, 0.4) is 0 Å². The average molecular weight is 462 g/mol. The van der Waals surface area contributed by atoms with Crippen LogP contribution in [0, 0.1) is 12.7 Å². The van der Waals surface area contributed by atoms with E-state index in [1.54, 1.807) is 35.2 Å². The standard InChI is InChI=1S/C26H24FN3O2S/c1-18-11-13-20(14-12-18)28-24(31)17-23-25(32)30(21-8-3-2-4-9-21)26(33)29(23)16-15-19-7-5-6-10-22(19)27/h2-14,23H,15-17H2,1H3,(H,28,31)/t23-/m0/s1. The summed E-state index contributed by atoms with van der Waals surface area (Å²) in [6.45, 7) is 2.28. The van der Waals surface area contributed by atoms with Crippen LogP contribution in [0.2, 0.25) is 0 Å². The van der Waals surface area contributed by atoms with E-state index in [9.17, 15) is 14.0 Å². The summed E-state index contributed by atoms with van der Waals surface area (Å²) in [4.78, 5) is 29.4.